The van der Waals surface area contributed by atoms with Crippen LogP contribution in [-0.2, 0) is 9.47 Å². The fourth-order valence-corrected chi connectivity index (χ4v) is 1.96. The Bertz CT molecular complexity index is 147. The first kappa shape index (κ1) is 13.9. The van der Waals surface area contributed by atoms with Gasteiger partial charge in [-0.05, 0) is 51.6 Å². The Morgan fingerprint density at radius 1 is 1.25 bits per heavy atom. The predicted octanol–water partition coefficient (Wildman–Crippen LogP) is 2.35. The molecule has 0 aromatic carbocycles. The van der Waals surface area contributed by atoms with E-state index in [1.54, 1.807) is 0 Å². The summed E-state index contributed by atoms with van der Waals surface area (Å²) in [5.41, 5.74) is 0. The molecular weight excluding hydrogens is 202 g/mol. The predicted molar refractivity (Wildman–Crippen MR) is 66.8 cm³/mol. The van der Waals surface area contributed by atoms with Gasteiger partial charge in [-0.1, -0.05) is 6.92 Å². The molecule has 0 spiro atoms. The number of rotatable bonds is 9. The van der Waals surface area contributed by atoms with Gasteiger partial charge in [-0.2, -0.15) is 0 Å². The number of unbranched alkanes of at least 4 members (excludes halogenated alkanes) is 2. The van der Waals surface area contributed by atoms with E-state index >= 15 is 0 Å². The van der Waals surface area contributed by atoms with E-state index in [1.807, 2.05) is 0 Å². The summed E-state index contributed by atoms with van der Waals surface area (Å²) in [6.07, 6.45) is 7.78. The van der Waals surface area contributed by atoms with Crippen LogP contribution in [0.2, 0.25) is 0 Å². The van der Waals surface area contributed by atoms with Crippen molar-refractivity contribution in [3.05, 3.63) is 0 Å². The Labute approximate surface area is 99.9 Å². The monoisotopic (exact) mass is 229 g/mol. The van der Waals surface area contributed by atoms with Gasteiger partial charge in [0, 0.05) is 13.2 Å². The van der Waals surface area contributed by atoms with Gasteiger partial charge >= 0.3 is 0 Å². The molecule has 1 heterocycles. The van der Waals surface area contributed by atoms with Crippen molar-refractivity contribution in [2.75, 3.05) is 32.9 Å². The summed E-state index contributed by atoms with van der Waals surface area (Å²) in [5.74, 6) is 0. The fraction of sp³-hybridized carbons (Fsp3) is 1.00. The van der Waals surface area contributed by atoms with Crippen molar-refractivity contribution in [1.29, 1.82) is 0 Å². The van der Waals surface area contributed by atoms with Gasteiger partial charge in [0.05, 0.1) is 12.7 Å². The molecule has 0 saturated carbocycles. The van der Waals surface area contributed by atoms with E-state index in [4.69, 9.17) is 9.47 Å². The third-order valence-corrected chi connectivity index (χ3v) is 2.97. The quantitative estimate of drug-likeness (QED) is 0.616. The minimum atomic E-state index is 0.371. The lowest BCUT2D eigenvalue weighted by molar-refractivity contribution is -0.0411. The van der Waals surface area contributed by atoms with Gasteiger partial charge in [0.2, 0.25) is 0 Å². The third kappa shape index (κ3) is 7.20. The van der Waals surface area contributed by atoms with E-state index in [0.717, 1.165) is 32.9 Å². The van der Waals surface area contributed by atoms with Crippen LogP contribution in [0.1, 0.15) is 45.4 Å². The molecule has 16 heavy (non-hydrogen) atoms. The van der Waals surface area contributed by atoms with Crippen LogP contribution in [-0.4, -0.2) is 39.0 Å². The number of hydrogen-bond acceptors (Lipinski definition) is 3. The first-order valence-corrected chi connectivity index (χ1v) is 6.83. The Morgan fingerprint density at radius 2 is 2.19 bits per heavy atom. The van der Waals surface area contributed by atoms with E-state index in [9.17, 15) is 0 Å². The van der Waals surface area contributed by atoms with E-state index in [0.29, 0.717) is 6.10 Å². The average Bonchev–Trinajstić information content (AvgIpc) is 2.34. The maximum absolute atomic E-state index is 5.63. The zero-order valence-corrected chi connectivity index (χ0v) is 10.7. The average molecular weight is 229 g/mol. The van der Waals surface area contributed by atoms with Crippen LogP contribution in [0.5, 0.6) is 0 Å². The molecule has 1 N–H and O–H groups in total. The fourth-order valence-electron chi connectivity index (χ4n) is 1.96. The van der Waals surface area contributed by atoms with Crippen LogP contribution < -0.4 is 5.32 Å². The van der Waals surface area contributed by atoms with Crippen LogP contribution in [0.3, 0.4) is 0 Å². The van der Waals surface area contributed by atoms with Crippen molar-refractivity contribution in [2.24, 2.45) is 0 Å². The highest BCUT2D eigenvalue weighted by atomic mass is 16.5. The topological polar surface area (TPSA) is 30.5 Å². The molecule has 0 aromatic rings. The summed E-state index contributed by atoms with van der Waals surface area (Å²) in [6, 6.07) is 0. The molecule has 1 aliphatic heterocycles. The van der Waals surface area contributed by atoms with Crippen molar-refractivity contribution in [2.45, 2.75) is 51.6 Å². The molecule has 0 aromatic heterocycles. The lowest BCUT2D eigenvalue weighted by Gasteiger charge is -2.22. The molecule has 1 fully saturated rings. The molecule has 0 radical (unpaired) electrons. The molecule has 3 nitrogen and oxygen atoms in total. The maximum Gasteiger partial charge on any atom is 0.0808 e. The highest BCUT2D eigenvalue weighted by Crippen LogP contribution is 2.12. The van der Waals surface area contributed by atoms with Gasteiger partial charge in [-0.3, -0.25) is 0 Å². The van der Waals surface area contributed by atoms with Gasteiger partial charge in [-0.15, -0.1) is 0 Å². The first-order chi connectivity index (χ1) is 7.93. The standard InChI is InChI=1S/C13H27NO2/c1-2-14-9-5-3-6-10-15-12-13-8-4-7-11-16-13/h13-14H,2-12H2,1H3. The molecule has 1 saturated heterocycles. The normalized spacial score (nSPS) is 21.2. The molecule has 1 atom stereocenters. The summed E-state index contributed by atoms with van der Waals surface area (Å²) in [6.45, 7) is 6.99. The van der Waals surface area contributed by atoms with Gasteiger partial charge in [0.25, 0.3) is 0 Å². The Hall–Kier alpha value is -0.120. The van der Waals surface area contributed by atoms with Crippen LogP contribution in [0, 0.1) is 0 Å². The molecule has 1 unspecified atom stereocenters. The molecule has 96 valence electrons. The van der Waals surface area contributed by atoms with Crippen molar-refractivity contribution in [1.82, 2.24) is 5.32 Å². The highest BCUT2D eigenvalue weighted by Gasteiger charge is 2.13. The van der Waals surface area contributed by atoms with E-state index < -0.39 is 0 Å². The van der Waals surface area contributed by atoms with E-state index in [2.05, 4.69) is 12.2 Å². The SMILES string of the molecule is CCNCCCCCOCC1CCCCO1. The maximum atomic E-state index is 5.63. The summed E-state index contributed by atoms with van der Waals surface area (Å²) in [7, 11) is 0. The van der Waals surface area contributed by atoms with Crippen LogP contribution in [0.25, 0.3) is 0 Å². The number of hydrogen-bond donors (Lipinski definition) is 1. The lowest BCUT2D eigenvalue weighted by atomic mass is 10.1. The Morgan fingerprint density at radius 3 is 2.94 bits per heavy atom. The van der Waals surface area contributed by atoms with Gasteiger partial charge < -0.3 is 14.8 Å². The molecule has 1 rings (SSSR count). The van der Waals surface area contributed by atoms with Gasteiger partial charge in [0.1, 0.15) is 0 Å². The molecule has 3 heteroatoms. The molecule has 0 bridgehead atoms. The summed E-state index contributed by atoms with van der Waals surface area (Å²) in [5, 5.41) is 3.33. The summed E-state index contributed by atoms with van der Waals surface area (Å²) < 4.78 is 11.2. The van der Waals surface area contributed by atoms with Crippen LogP contribution in [0.4, 0.5) is 0 Å². The first-order valence-electron chi connectivity index (χ1n) is 6.83. The third-order valence-electron chi connectivity index (χ3n) is 2.97. The number of nitrogens with one attached hydrogen (secondary N) is 1. The Balaban J connectivity index is 1.77. The largest absolute Gasteiger partial charge is 0.379 e. The minimum Gasteiger partial charge on any atom is -0.379 e. The molecule has 1 aliphatic rings. The van der Waals surface area contributed by atoms with Crippen LogP contribution in [0.15, 0.2) is 0 Å². The van der Waals surface area contributed by atoms with Gasteiger partial charge in [-0.25, -0.2) is 0 Å². The van der Waals surface area contributed by atoms with Crippen molar-refractivity contribution >= 4 is 0 Å². The highest BCUT2D eigenvalue weighted by molar-refractivity contribution is 4.62. The zero-order valence-electron chi connectivity index (χ0n) is 10.7. The van der Waals surface area contributed by atoms with E-state index in [-0.39, 0.29) is 0 Å². The molecule has 0 aliphatic carbocycles. The molecule has 0 amide bonds. The lowest BCUT2D eigenvalue weighted by Crippen LogP contribution is -2.24. The van der Waals surface area contributed by atoms with Crippen molar-refractivity contribution in [3.8, 4) is 0 Å². The second-order valence-corrected chi connectivity index (χ2v) is 4.48. The zero-order chi connectivity index (χ0) is 11.5. The van der Waals surface area contributed by atoms with E-state index in [1.165, 1.54) is 38.5 Å². The second-order valence-electron chi connectivity index (χ2n) is 4.48. The summed E-state index contributed by atoms with van der Waals surface area (Å²) >= 11 is 0. The smallest absolute Gasteiger partial charge is 0.0808 e. The van der Waals surface area contributed by atoms with Crippen LogP contribution >= 0.6 is 0 Å². The second kappa shape index (κ2) is 10.1. The number of ether oxygens (including phenoxy) is 2. The Kier molecular flexibility index (Phi) is 8.77. The van der Waals surface area contributed by atoms with Crippen molar-refractivity contribution in [3.63, 3.8) is 0 Å². The molecular formula is C13H27NO2. The summed E-state index contributed by atoms with van der Waals surface area (Å²) in [4.78, 5) is 0. The van der Waals surface area contributed by atoms with Gasteiger partial charge in [0.15, 0.2) is 0 Å². The van der Waals surface area contributed by atoms with Crippen molar-refractivity contribution < 1.29 is 9.47 Å². The minimum absolute atomic E-state index is 0.371.